The van der Waals surface area contributed by atoms with E-state index in [1.165, 1.54) is 123 Å². The van der Waals surface area contributed by atoms with Gasteiger partial charge >= 0.3 is 17.9 Å². The lowest BCUT2D eigenvalue weighted by Gasteiger charge is -2.19. The summed E-state index contributed by atoms with van der Waals surface area (Å²) in [7, 11) is 0. The minimum atomic E-state index is -1.21. The normalized spacial score (nSPS) is 13.7. The molecule has 0 unspecified atom stereocenters. The number of carboxylic acids is 3. The number of benzene rings is 6. The summed E-state index contributed by atoms with van der Waals surface area (Å²) in [5.41, 5.74) is 18.8. The molecule has 0 bridgehead atoms. The number of furan rings is 3. The average molecular weight is 1450 g/mol. The Kier molecular flexibility index (Phi) is 21.4. The Morgan fingerprint density at radius 1 is 0.451 bits per heavy atom. The molecular weight excluding hydrogens is 1370 g/mol. The molecule has 0 fully saturated rings. The van der Waals surface area contributed by atoms with Gasteiger partial charge in [0.1, 0.15) is 34.4 Å². The number of halogens is 1. The lowest BCUT2D eigenvalue weighted by atomic mass is 9.91. The third-order valence-corrected chi connectivity index (χ3v) is 17.6. The first-order valence-corrected chi connectivity index (χ1v) is 32.6. The maximum absolute atomic E-state index is 13.1. The zero-order chi connectivity index (χ0) is 71.2. The van der Waals surface area contributed by atoms with E-state index in [4.69, 9.17) is 34.3 Å². The number of phenols is 3. The monoisotopic (exact) mass is 1440 g/mol. The number of fused-ring (bicyclic) bond motifs is 3. The molecule has 26 nitrogen and oxygen atoms in total. The van der Waals surface area contributed by atoms with Crippen molar-refractivity contribution in [2.24, 2.45) is 25.6 Å². The van der Waals surface area contributed by atoms with Crippen LogP contribution in [0.3, 0.4) is 0 Å². The number of aromatic amines is 2. The number of hydrogen-bond acceptors (Lipinski definition) is 18. The van der Waals surface area contributed by atoms with Crippen molar-refractivity contribution in [1.82, 2.24) is 19.6 Å². The zero-order valence-electron chi connectivity index (χ0n) is 55.5. The molecule has 102 heavy (non-hydrogen) atoms. The van der Waals surface area contributed by atoms with Gasteiger partial charge in [0, 0.05) is 5.71 Å². The summed E-state index contributed by atoms with van der Waals surface area (Å²) in [5, 5.41) is 86.1. The van der Waals surface area contributed by atoms with Gasteiger partial charge in [-0.2, -0.15) is 5.10 Å². The van der Waals surface area contributed by atoms with Gasteiger partial charge in [-0.1, -0.05) is 36.4 Å². The van der Waals surface area contributed by atoms with E-state index in [1.807, 2.05) is 37.3 Å². The number of H-pyrrole nitrogens is 2. The van der Waals surface area contributed by atoms with Crippen molar-refractivity contribution in [3.05, 3.63) is 228 Å². The molecule has 0 radical (unpaired) electrons. The number of carbonyl (C=O) groups excluding carboxylic acids is 1. The number of nitrogens with two attached hydrogens (primary N) is 1. The predicted molar refractivity (Wildman–Crippen MR) is 385 cm³/mol. The molecule has 15 rings (SSSR count). The number of hydrogen-bond donors (Lipinski definition) is 9. The number of anilines is 2. The highest BCUT2D eigenvalue weighted by molar-refractivity contribution is 8.93. The van der Waals surface area contributed by atoms with Crippen LogP contribution in [0, 0.1) is 13.8 Å². The molecule has 5 aromatic heterocycles. The Bertz CT molecular complexity index is 5030. The number of aryl methyl sites for hydroxylation is 8. The molecule has 1 amide bonds. The van der Waals surface area contributed by atoms with Gasteiger partial charge in [0.2, 0.25) is 17.3 Å². The van der Waals surface area contributed by atoms with Crippen LogP contribution in [0.1, 0.15) is 128 Å². The molecule has 10 N–H and O–H groups in total. The molecule has 6 heterocycles. The number of nitrogens with one attached hydrogen (secondary N) is 2. The van der Waals surface area contributed by atoms with Gasteiger partial charge in [-0.15, -0.1) is 37.4 Å². The van der Waals surface area contributed by atoms with Crippen LogP contribution in [0.25, 0.3) is 45.3 Å². The summed E-state index contributed by atoms with van der Waals surface area (Å²) in [6.07, 6.45) is 14.1. The van der Waals surface area contributed by atoms with Crippen LogP contribution in [0.5, 0.6) is 17.2 Å². The third kappa shape index (κ3) is 15.4. The second kappa shape index (κ2) is 30.8. The van der Waals surface area contributed by atoms with E-state index in [2.05, 4.69) is 60.0 Å². The van der Waals surface area contributed by atoms with Crippen LogP contribution in [-0.2, 0) is 43.3 Å². The van der Waals surface area contributed by atoms with Crippen LogP contribution in [0.4, 0.5) is 34.1 Å². The largest absolute Gasteiger partial charge is 0.505 e. The van der Waals surface area contributed by atoms with Crippen molar-refractivity contribution in [3.8, 4) is 62.6 Å². The van der Waals surface area contributed by atoms with Crippen molar-refractivity contribution in [1.29, 1.82) is 0 Å². The molecule has 1 aliphatic heterocycles. The fraction of sp³-hybridized carbons (Fsp3) is 0.213. The Morgan fingerprint density at radius 2 is 0.804 bits per heavy atom. The first-order chi connectivity index (χ1) is 48.7. The molecular formula is C75H70BrN11O15. The quantitative estimate of drug-likeness (QED) is 0.0294. The summed E-state index contributed by atoms with van der Waals surface area (Å²) in [6.45, 7) is 5.37. The first kappa shape index (κ1) is 70.9. The summed E-state index contributed by atoms with van der Waals surface area (Å²) in [6, 6.07) is 40.9. The molecule has 27 heteroatoms. The summed E-state index contributed by atoms with van der Waals surface area (Å²) in [4.78, 5) is 70.7. The molecule has 522 valence electrons. The number of nitrogens with zero attached hydrogens (tertiary/aromatic N) is 8. The summed E-state index contributed by atoms with van der Waals surface area (Å²) < 4.78 is 18.5. The molecule has 0 saturated heterocycles. The maximum atomic E-state index is 13.1. The fourth-order valence-corrected chi connectivity index (χ4v) is 12.4. The number of aromatic carboxylic acids is 3. The number of hydrazone groups is 1. The summed E-state index contributed by atoms with van der Waals surface area (Å²) >= 11 is 0. The van der Waals surface area contributed by atoms with Gasteiger partial charge in [0.05, 0.1) is 57.2 Å². The number of phenolic OH excluding ortho intramolecular Hbond substituents is 3. The van der Waals surface area contributed by atoms with E-state index in [0.717, 1.165) is 67.7 Å². The molecule has 11 aromatic rings. The number of rotatable bonds is 13. The molecule has 4 aliphatic rings. The Labute approximate surface area is 591 Å². The van der Waals surface area contributed by atoms with Gasteiger partial charge in [-0.3, -0.25) is 24.6 Å². The molecule has 0 atom stereocenters. The Balaban J connectivity index is 0.000000144. The van der Waals surface area contributed by atoms with E-state index < -0.39 is 17.9 Å². The SMILES string of the molecule is Br.CC1=NN(c2ccc3c(c2)CCCC3)C(=O)C1.Cc1[nH]n(-c2ccc3c(c2)CCCC3)c(=O)c1N=Nc1cccc(-c2ccc(C(=O)O)o2)c1O.Cc1[nH]n(-c2ccc3c(c2)CCCC3)c(=O)c1N=Nc1cccc(-c2ccc(C(=O)O)o2)c1O.Nc1cccc(-c2ccc(C(=O)O)o2)c1O. The standard InChI is InChI=1S/2C25H22N4O5.C14H16N2O.C11H9NO4.BrH/c2*1-14-22(24(31)29(28-14)17-10-9-15-5-2-3-6-16(15)13-17)27-26-19-8-4-7-18(23(19)30)20-11-12-21(34-20)25(32)33;1-10-8-14(17)16(15-10)13-7-6-11-4-2-3-5-12(11)9-13;12-7-3-1-2-6(10(7)13)8-4-5-9(16-8)11(14)15;/h2*4,7-13,28,30H,2-3,5-6H2,1H3,(H,32,33);6-7,9H,2-5,8H2,1H3;1-5,13H,12H2,(H,14,15);1H. The number of nitrogen functional groups attached to an aromatic ring is 1. The molecule has 0 spiro atoms. The second-order valence-electron chi connectivity index (χ2n) is 24.5. The lowest BCUT2D eigenvalue weighted by molar-refractivity contribution is -0.116. The molecule has 3 aliphatic carbocycles. The minimum absolute atomic E-state index is 0. The van der Waals surface area contributed by atoms with Gasteiger partial charge in [-0.05, 0) is 240 Å². The highest BCUT2D eigenvalue weighted by Gasteiger charge is 2.25. The number of para-hydroxylation sites is 3. The highest BCUT2D eigenvalue weighted by atomic mass is 79.9. The molecule has 6 aromatic carbocycles. The smallest absolute Gasteiger partial charge is 0.371 e. The minimum Gasteiger partial charge on any atom is -0.505 e. The van der Waals surface area contributed by atoms with Gasteiger partial charge in [-0.25, -0.2) is 28.8 Å². The van der Waals surface area contributed by atoms with Crippen molar-refractivity contribution in [2.45, 2.75) is 104 Å². The fourth-order valence-electron chi connectivity index (χ4n) is 12.4. The lowest BCUT2D eigenvalue weighted by Crippen LogP contribution is -2.20. The zero-order valence-corrected chi connectivity index (χ0v) is 57.2. The van der Waals surface area contributed by atoms with Crippen LogP contribution in [0.2, 0.25) is 0 Å². The van der Waals surface area contributed by atoms with E-state index >= 15 is 0 Å². The Morgan fingerprint density at radius 3 is 1.17 bits per heavy atom. The topological polar surface area (TPSA) is 396 Å². The van der Waals surface area contributed by atoms with E-state index in [-0.39, 0.29) is 125 Å². The van der Waals surface area contributed by atoms with E-state index in [0.29, 0.717) is 23.4 Å². The number of carboxylic acid groups (broad SMARTS) is 3. The number of azo groups is 2. The summed E-state index contributed by atoms with van der Waals surface area (Å²) in [5.74, 6) is -4.13. The average Bonchev–Trinajstić information content (AvgIpc) is 1.62. The second-order valence-corrected chi connectivity index (χ2v) is 24.5. The van der Waals surface area contributed by atoms with Gasteiger partial charge in [0.15, 0.2) is 22.9 Å². The van der Waals surface area contributed by atoms with E-state index in [1.54, 1.807) is 61.3 Å². The van der Waals surface area contributed by atoms with Crippen molar-refractivity contribution in [2.75, 3.05) is 10.7 Å². The van der Waals surface area contributed by atoms with Gasteiger partial charge < -0.3 is 49.6 Å². The highest BCUT2D eigenvalue weighted by Crippen LogP contribution is 2.41. The van der Waals surface area contributed by atoms with Crippen molar-refractivity contribution < 1.29 is 63.1 Å². The number of carbonyl (C=O) groups is 4. The van der Waals surface area contributed by atoms with Crippen LogP contribution >= 0.6 is 17.0 Å². The number of aromatic hydroxyl groups is 3. The van der Waals surface area contributed by atoms with Crippen LogP contribution in [0.15, 0.2) is 194 Å². The van der Waals surface area contributed by atoms with Crippen LogP contribution in [-0.4, -0.2) is 79.7 Å². The Hall–Kier alpha value is -12.4. The van der Waals surface area contributed by atoms with Crippen LogP contribution < -0.4 is 21.9 Å². The number of aromatic nitrogens is 4. The maximum Gasteiger partial charge on any atom is 0.371 e. The molecule has 0 saturated carbocycles. The van der Waals surface area contributed by atoms with E-state index in [9.17, 15) is 44.1 Å². The third-order valence-electron chi connectivity index (χ3n) is 17.6. The van der Waals surface area contributed by atoms with Gasteiger partial charge in [0.25, 0.3) is 17.0 Å². The number of amides is 1. The first-order valence-electron chi connectivity index (χ1n) is 32.6. The van der Waals surface area contributed by atoms with Crippen molar-refractivity contribution in [3.63, 3.8) is 0 Å². The predicted octanol–water partition coefficient (Wildman–Crippen LogP) is 16.1. The van der Waals surface area contributed by atoms with Crippen molar-refractivity contribution >= 4 is 80.6 Å².